The van der Waals surface area contributed by atoms with Crippen molar-refractivity contribution >= 4 is 5.97 Å². The average molecular weight is 222 g/mol. The molecule has 15 heavy (non-hydrogen) atoms. The second-order valence-corrected chi connectivity index (χ2v) is 4.78. The molecule has 0 aliphatic heterocycles. The van der Waals surface area contributed by atoms with E-state index in [-0.39, 0.29) is 19.4 Å². The lowest BCUT2D eigenvalue weighted by Crippen LogP contribution is -2.42. The largest absolute Gasteiger partial charge is 0.458 e. The molecule has 0 N–H and O–H groups in total. The van der Waals surface area contributed by atoms with Crippen molar-refractivity contribution < 1.29 is 23.0 Å². The van der Waals surface area contributed by atoms with E-state index >= 15 is 0 Å². The number of rotatable bonds is 3. The first-order valence-electron chi connectivity index (χ1n) is 4.89. The van der Waals surface area contributed by atoms with Crippen molar-refractivity contribution in [1.29, 1.82) is 0 Å². The maximum absolute atomic E-state index is 12.4. The highest BCUT2D eigenvalue weighted by Gasteiger charge is 2.46. The van der Waals surface area contributed by atoms with Crippen molar-refractivity contribution in [3.8, 4) is 0 Å². The number of ether oxygens (including phenoxy) is 2. The average Bonchev–Trinajstić information content (AvgIpc) is 1.93. The first kappa shape index (κ1) is 12.4. The molecule has 1 saturated carbocycles. The second kappa shape index (κ2) is 4.04. The molecule has 0 aromatic heterocycles. The van der Waals surface area contributed by atoms with Crippen LogP contribution in [0.2, 0.25) is 0 Å². The molecule has 5 heteroatoms. The van der Waals surface area contributed by atoms with E-state index in [1.54, 1.807) is 20.8 Å². The normalized spacial score (nSPS) is 20.9. The summed E-state index contributed by atoms with van der Waals surface area (Å²) in [6.45, 7) is 4.96. The van der Waals surface area contributed by atoms with Gasteiger partial charge in [-0.05, 0) is 20.8 Å². The zero-order valence-corrected chi connectivity index (χ0v) is 9.18. The number of carbonyl (C=O) groups is 1. The first-order valence-corrected chi connectivity index (χ1v) is 4.89. The first-order chi connectivity index (χ1) is 6.68. The minimum atomic E-state index is -2.61. The molecule has 0 saturated heterocycles. The van der Waals surface area contributed by atoms with Crippen molar-refractivity contribution in [2.24, 2.45) is 0 Å². The maximum Gasteiger partial charge on any atom is 0.332 e. The summed E-state index contributed by atoms with van der Waals surface area (Å²) in [5, 5.41) is 0. The molecule has 1 fully saturated rings. The van der Waals surface area contributed by atoms with Crippen LogP contribution in [-0.2, 0) is 14.3 Å². The van der Waals surface area contributed by atoms with Gasteiger partial charge < -0.3 is 9.47 Å². The van der Waals surface area contributed by atoms with Crippen molar-refractivity contribution in [3.05, 3.63) is 0 Å². The Kier molecular flexibility index (Phi) is 3.33. The fourth-order valence-corrected chi connectivity index (χ4v) is 1.28. The number of hydrogen-bond donors (Lipinski definition) is 0. The standard InChI is InChI=1S/C10H16F2O3/c1-9(2,3)15-8(13)6-14-7-4-10(11,12)5-7/h7H,4-6H2,1-3H3. The summed E-state index contributed by atoms with van der Waals surface area (Å²) in [6, 6.07) is 0. The van der Waals surface area contributed by atoms with Crippen molar-refractivity contribution in [1.82, 2.24) is 0 Å². The van der Waals surface area contributed by atoms with Gasteiger partial charge in [0.05, 0.1) is 6.10 Å². The zero-order chi connectivity index (χ0) is 11.7. The predicted octanol–water partition coefficient (Wildman–Crippen LogP) is 2.14. The molecule has 0 radical (unpaired) electrons. The number of alkyl halides is 2. The van der Waals surface area contributed by atoms with Gasteiger partial charge in [-0.25, -0.2) is 13.6 Å². The van der Waals surface area contributed by atoms with Gasteiger partial charge in [0.1, 0.15) is 12.2 Å². The zero-order valence-electron chi connectivity index (χ0n) is 9.18. The Morgan fingerprint density at radius 1 is 1.40 bits per heavy atom. The van der Waals surface area contributed by atoms with E-state index in [4.69, 9.17) is 9.47 Å². The molecule has 3 nitrogen and oxygen atoms in total. The van der Waals surface area contributed by atoms with Gasteiger partial charge in [-0.3, -0.25) is 0 Å². The smallest absolute Gasteiger partial charge is 0.332 e. The Labute approximate surface area is 87.7 Å². The molecular weight excluding hydrogens is 206 g/mol. The van der Waals surface area contributed by atoms with Gasteiger partial charge >= 0.3 is 5.97 Å². The monoisotopic (exact) mass is 222 g/mol. The van der Waals surface area contributed by atoms with Crippen LogP contribution >= 0.6 is 0 Å². The number of esters is 1. The van der Waals surface area contributed by atoms with E-state index in [2.05, 4.69) is 0 Å². The maximum atomic E-state index is 12.4. The van der Waals surface area contributed by atoms with Crippen LogP contribution in [0, 0.1) is 0 Å². The molecule has 0 heterocycles. The molecule has 0 amide bonds. The Hall–Kier alpha value is -0.710. The summed E-state index contributed by atoms with van der Waals surface area (Å²) in [5.41, 5.74) is -0.565. The fourth-order valence-electron chi connectivity index (χ4n) is 1.28. The third-order valence-electron chi connectivity index (χ3n) is 1.91. The third-order valence-corrected chi connectivity index (χ3v) is 1.91. The Morgan fingerprint density at radius 2 is 1.93 bits per heavy atom. The summed E-state index contributed by atoms with van der Waals surface area (Å²) in [6.07, 6.45) is -1.10. The summed E-state index contributed by atoms with van der Waals surface area (Å²) in [7, 11) is 0. The highest BCUT2D eigenvalue weighted by molar-refractivity contribution is 5.71. The molecule has 0 aromatic rings. The van der Waals surface area contributed by atoms with Crippen LogP contribution in [0.15, 0.2) is 0 Å². The van der Waals surface area contributed by atoms with E-state index in [9.17, 15) is 13.6 Å². The van der Waals surface area contributed by atoms with E-state index in [1.165, 1.54) is 0 Å². The summed E-state index contributed by atoms with van der Waals surface area (Å²) < 4.78 is 34.7. The molecule has 0 atom stereocenters. The lowest BCUT2D eigenvalue weighted by Gasteiger charge is -2.34. The van der Waals surface area contributed by atoms with Crippen LogP contribution in [0.5, 0.6) is 0 Å². The van der Waals surface area contributed by atoms with Crippen LogP contribution in [0.25, 0.3) is 0 Å². The van der Waals surface area contributed by atoms with Gasteiger partial charge in [0.15, 0.2) is 0 Å². The molecule has 0 aromatic carbocycles. The van der Waals surface area contributed by atoms with Gasteiger partial charge in [-0.2, -0.15) is 0 Å². The van der Waals surface area contributed by atoms with Crippen molar-refractivity contribution in [3.63, 3.8) is 0 Å². The van der Waals surface area contributed by atoms with Crippen LogP contribution in [0.4, 0.5) is 8.78 Å². The second-order valence-electron chi connectivity index (χ2n) is 4.78. The van der Waals surface area contributed by atoms with Crippen LogP contribution in [0.1, 0.15) is 33.6 Å². The quantitative estimate of drug-likeness (QED) is 0.686. The Bertz CT molecular complexity index is 238. The van der Waals surface area contributed by atoms with Crippen LogP contribution in [-0.4, -0.2) is 30.2 Å². The molecule has 0 bridgehead atoms. The third kappa shape index (κ3) is 4.55. The Morgan fingerprint density at radius 3 is 2.33 bits per heavy atom. The van der Waals surface area contributed by atoms with Crippen LogP contribution in [0.3, 0.4) is 0 Å². The highest BCUT2D eigenvalue weighted by atomic mass is 19.3. The number of carbonyl (C=O) groups excluding carboxylic acids is 1. The minimum Gasteiger partial charge on any atom is -0.458 e. The predicted molar refractivity (Wildman–Crippen MR) is 49.8 cm³/mol. The minimum absolute atomic E-state index is 0.252. The molecule has 88 valence electrons. The fraction of sp³-hybridized carbons (Fsp3) is 0.900. The summed E-state index contributed by atoms with van der Waals surface area (Å²) in [4.78, 5) is 11.1. The Balaban J connectivity index is 2.14. The topological polar surface area (TPSA) is 35.5 Å². The molecule has 1 aliphatic carbocycles. The molecule has 0 unspecified atom stereocenters. The lowest BCUT2D eigenvalue weighted by atomic mass is 9.91. The van der Waals surface area contributed by atoms with Crippen LogP contribution < -0.4 is 0 Å². The van der Waals surface area contributed by atoms with Gasteiger partial charge in [0, 0.05) is 12.8 Å². The van der Waals surface area contributed by atoms with E-state index in [1.807, 2.05) is 0 Å². The molecule has 0 spiro atoms. The van der Waals surface area contributed by atoms with Gasteiger partial charge in [-0.15, -0.1) is 0 Å². The van der Waals surface area contributed by atoms with Crippen molar-refractivity contribution in [2.45, 2.75) is 51.2 Å². The van der Waals surface area contributed by atoms with Gasteiger partial charge in [0.2, 0.25) is 0 Å². The molecule has 1 rings (SSSR count). The lowest BCUT2D eigenvalue weighted by molar-refractivity contribution is -0.185. The highest BCUT2D eigenvalue weighted by Crippen LogP contribution is 2.39. The molecular formula is C10H16F2O3. The van der Waals surface area contributed by atoms with Gasteiger partial charge in [-0.1, -0.05) is 0 Å². The van der Waals surface area contributed by atoms with Crippen molar-refractivity contribution in [2.75, 3.05) is 6.61 Å². The summed E-state index contributed by atoms with van der Waals surface area (Å²) >= 11 is 0. The molecule has 1 aliphatic rings. The van der Waals surface area contributed by atoms with Gasteiger partial charge in [0.25, 0.3) is 5.92 Å². The SMILES string of the molecule is CC(C)(C)OC(=O)COC1CC(F)(F)C1. The van der Waals surface area contributed by atoms with E-state index in [0.29, 0.717) is 0 Å². The number of halogens is 2. The van der Waals surface area contributed by atoms with E-state index in [0.717, 1.165) is 0 Å². The van der Waals surface area contributed by atoms with E-state index < -0.39 is 23.6 Å². The number of hydrogen-bond acceptors (Lipinski definition) is 3. The summed E-state index contributed by atoms with van der Waals surface area (Å²) in [5.74, 6) is -3.13.